The fraction of sp³-hybridized carbons (Fsp3) is 0.733. The summed E-state index contributed by atoms with van der Waals surface area (Å²) in [6, 6.07) is 1.97. The fourth-order valence-electron chi connectivity index (χ4n) is 2.83. The molecule has 0 saturated heterocycles. The summed E-state index contributed by atoms with van der Waals surface area (Å²) in [6.07, 6.45) is 5.59. The van der Waals surface area contributed by atoms with E-state index in [4.69, 9.17) is 4.74 Å². The van der Waals surface area contributed by atoms with E-state index in [1.165, 1.54) is 25.7 Å². The van der Waals surface area contributed by atoms with Crippen molar-refractivity contribution >= 4 is 11.6 Å². The molecule has 1 heterocycles. The molecule has 0 spiro atoms. The van der Waals surface area contributed by atoms with Crippen molar-refractivity contribution in [3.63, 3.8) is 0 Å². The van der Waals surface area contributed by atoms with Crippen molar-refractivity contribution in [2.75, 3.05) is 30.8 Å². The van der Waals surface area contributed by atoms with Crippen LogP contribution in [-0.2, 0) is 11.3 Å². The SMILES string of the molecule is CCOCc1nc(NC)cc(NCC2(C3CC3)CC2)n1. The summed E-state index contributed by atoms with van der Waals surface area (Å²) in [5.74, 6) is 3.44. The molecule has 0 bridgehead atoms. The van der Waals surface area contributed by atoms with Gasteiger partial charge in [-0.25, -0.2) is 9.97 Å². The second-order valence-corrected chi connectivity index (χ2v) is 5.93. The minimum atomic E-state index is 0.467. The number of rotatable bonds is 8. The topological polar surface area (TPSA) is 59.1 Å². The van der Waals surface area contributed by atoms with Crippen LogP contribution in [0.5, 0.6) is 0 Å². The highest BCUT2D eigenvalue weighted by Gasteiger charge is 2.53. The van der Waals surface area contributed by atoms with Crippen molar-refractivity contribution in [1.82, 2.24) is 9.97 Å². The Morgan fingerprint density at radius 2 is 2.05 bits per heavy atom. The maximum Gasteiger partial charge on any atom is 0.158 e. The average Bonchev–Trinajstić information content (AvgIpc) is 3.35. The first-order chi connectivity index (χ1) is 9.75. The molecule has 0 atom stereocenters. The molecule has 0 radical (unpaired) electrons. The van der Waals surface area contributed by atoms with Gasteiger partial charge in [0, 0.05) is 26.3 Å². The Labute approximate surface area is 120 Å². The van der Waals surface area contributed by atoms with Crippen LogP contribution in [0.3, 0.4) is 0 Å². The Morgan fingerprint density at radius 3 is 2.65 bits per heavy atom. The lowest BCUT2D eigenvalue weighted by Gasteiger charge is -2.16. The van der Waals surface area contributed by atoms with Crippen LogP contribution in [0, 0.1) is 11.3 Å². The standard InChI is InChI=1S/C15H24N4O/c1-3-20-9-14-18-12(16-2)8-13(19-14)17-10-15(6-7-15)11-4-5-11/h8,11H,3-7,9-10H2,1-2H3,(H2,16,17,18,19). The Bertz CT molecular complexity index is 469. The van der Waals surface area contributed by atoms with Crippen molar-refractivity contribution in [3.8, 4) is 0 Å². The van der Waals surface area contributed by atoms with Crippen molar-refractivity contribution in [3.05, 3.63) is 11.9 Å². The van der Waals surface area contributed by atoms with Crippen LogP contribution in [0.15, 0.2) is 6.07 Å². The van der Waals surface area contributed by atoms with E-state index in [1.807, 2.05) is 20.0 Å². The summed E-state index contributed by atoms with van der Waals surface area (Å²) in [6.45, 7) is 4.18. The predicted octanol–water partition coefficient (Wildman–Crippen LogP) is 2.66. The number of hydrogen-bond donors (Lipinski definition) is 2. The molecule has 2 N–H and O–H groups in total. The second kappa shape index (κ2) is 5.56. The summed E-state index contributed by atoms with van der Waals surface area (Å²) in [5, 5.41) is 6.60. The lowest BCUT2D eigenvalue weighted by Crippen LogP contribution is -2.18. The zero-order valence-electron chi connectivity index (χ0n) is 12.4. The molecule has 5 heteroatoms. The molecule has 0 amide bonds. The third kappa shape index (κ3) is 3.03. The lowest BCUT2D eigenvalue weighted by atomic mass is 10.0. The monoisotopic (exact) mass is 276 g/mol. The van der Waals surface area contributed by atoms with Gasteiger partial charge in [-0.3, -0.25) is 0 Å². The summed E-state index contributed by atoms with van der Waals surface area (Å²) < 4.78 is 5.40. The maximum atomic E-state index is 5.40. The molecule has 0 unspecified atom stereocenters. The molecule has 3 rings (SSSR count). The molecule has 110 valence electrons. The van der Waals surface area contributed by atoms with Crippen LogP contribution < -0.4 is 10.6 Å². The van der Waals surface area contributed by atoms with Gasteiger partial charge in [-0.15, -0.1) is 0 Å². The quantitative estimate of drug-likeness (QED) is 0.764. The summed E-state index contributed by atoms with van der Waals surface area (Å²) in [5.41, 5.74) is 0.574. The maximum absolute atomic E-state index is 5.40. The number of nitrogens with one attached hydrogen (secondary N) is 2. The smallest absolute Gasteiger partial charge is 0.158 e. The van der Waals surface area contributed by atoms with Crippen molar-refractivity contribution in [2.24, 2.45) is 11.3 Å². The number of ether oxygens (including phenoxy) is 1. The number of aromatic nitrogens is 2. The minimum Gasteiger partial charge on any atom is -0.374 e. The van der Waals surface area contributed by atoms with E-state index < -0.39 is 0 Å². The summed E-state index contributed by atoms with van der Waals surface area (Å²) in [4.78, 5) is 8.95. The lowest BCUT2D eigenvalue weighted by molar-refractivity contribution is 0.128. The van der Waals surface area contributed by atoms with Gasteiger partial charge in [0.2, 0.25) is 0 Å². The molecule has 1 aromatic rings. The Hall–Kier alpha value is -1.36. The van der Waals surface area contributed by atoms with E-state index >= 15 is 0 Å². The second-order valence-electron chi connectivity index (χ2n) is 5.93. The molecule has 20 heavy (non-hydrogen) atoms. The molecule has 2 fully saturated rings. The molecular formula is C15H24N4O. The first-order valence-electron chi connectivity index (χ1n) is 7.63. The third-order valence-corrected chi connectivity index (χ3v) is 4.42. The minimum absolute atomic E-state index is 0.467. The van der Waals surface area contributed by atoms with Crippen LogP contribution in [0.1, 0.15) is 38.4 Å². The van der Waals surface area contributed by atoms with Crippen LogP contribution >= 0.6 is 0 Å². The molecular weight excluding hydrogens is 252 g/mol. The predicted molar refractivity (Wildman–Crippen MR) is 79.8 cm³/mol. The van der Waals surface area contributed by atoms with E-state index in [0.717, 1.165) is 29.9 Å². The Balaban J connectivity index is 1.64. The van der Waals surface area contributed by atoms with Crippen LogP contribution in [0.2, 0.25) is 0 Å². The molecule has 0 aliphatic heterocycles. The largest absolute Gasteiger partial charge is 0.374 e. The Kier molecular flexibility index (Phi) is 3.78. The summed E-state index contributed by atoms with van der Waals surface area (Å²) in [7, 11) is 1.88. The van der Waals surface area contributed by atoms with Gasteiger partial charge in [0.15, 0.2) is 5.82 Å². The number of nitrogens with zero attached hydrogens (tertiary/aromatic N) is 2. The fourth-order valence-corrected chi connectivity index (χ4v) is 2.83. The normalized spacial score (nSPS) is 19.7. The van der Waals surface area contributed by atoms with Crippen molar-refractivity contribution < 1.29 is 4.74 Å². The van der Waals surface area contributed by atoms with Gasteiger partial charge in [0.05, 0.1) is 0 Å². The van der Waals surface area contributed by atoms with Crippen molar-refractivity contribution in [1.29, 1.82) is 0 Å². The Morgan fingerprint density at radius 1 is 1.30 bits per heavy atom. The van der Waals surface area contributed by atoms with Gasteiger partial charge in [0.1, 0.15) is 18.2 Å². The van der Waals surface area contributed by atoms with E-state index in [2.05, 4.69) is 20.6 Å². The average molecular weight is 276 g/mol. The van der Waals surface area contributed by atoms with Gasteiger partial charge in [0.25, 0.3) is 0 Å². The zero-order chi connectivity index (χ0) is 14.0. The number of hydrogen-bond acceptors (Lipinski definition) is 5. The highest BCUT2D eigenvalue weighted by Crippen LogP contribution is 2.61. The summed E-state index contributed by atoms with van der Waals surface area (Å²) >= 11 is 0. The van der Waals surface area contributed by atoms with E-state index in [-0.39, 0.29) is 0 Å². The van der Waals surface area contributed by atoms with Gasteiger partial charge < -0.3 is 15.4 Å². The molecule has 2 saturated carbocycles. The first kappa shape index (κ1) is 13.6. The first-order valence-corrected chi connectivity index (χ1v) is 7.63. The van der Waals surface area contributed by atoms with E-state index in [0.29, 0.717) is 18.6 Å². The zero-order valence-corrected chi connectivity index (χ0v) is 12.4. The van der Waals surface area contributed by atoms with Crippen LogP contribution in [0.25, 0.3) is 0 Å². The van der Waals surface area contributed by atoms with Crippen LogP contribution in [0.4, 0.5) is 11.6 Å². The molecule has 5 nitrogen and oxygen atoms in total. The third-order valence-electron chi connectivity index (χ3n) is 4.42. The van der Waals surface area contributed by atoms with Crippen molar-refractivity contribution in [2.45, 2.75) is 39.2 Å². The van der Waals surface area contributed by atoms with Gasteiger partial charge in [-0.2, -0.15) is 0 Å². The molecule has 0 aromatic carbocycles. The van der Waals surface area contributed by atoms with Gasteiger partial charge in [-0.1, -0.05) is 0 Å². The van der Waals surface area contributed by atoms with E-state index in [1.54, 1.807) is 0 Å². The highest BCUT2D eigenvalue weighted by atomic mass is 16.5. The molecule has 2 aliphatic carbocycles. The number of anilines is 2. The van der Waals surface area contributed by atoms with Gasteiger partial charge in [-0.05, 0) is 43.9 Å². The van der Waals surface area contributed by atoms with Crippen LogP contribution in [-0.4, -0.2) is 30.2 Å². The molecule has 2 aliphatic rings. The highest BCUT2D eigenvalue weighted by molar-refractivity contribution is 5.47. The van der Waals surface area contributed by atoms with Gasteiger partial charge >= 0.3 is 0 Å². The van der Waals surface area contributed by atoms with E-state index in [9.17, 15) is 0 Å². The molecule has 1 aromatic heterocycles.